The second kappa shape index (κ2) is 4.06. The molecule has 2 aromatic heterocycles. The first-order valence-electron chi connectivity index (χ1n) is 5.39. The predicted molar refractivity (Wildman–Crippen MR) is 65.4 cm³/mol. The molecule has 6 heteroatoms. The number of imidazole rings is 1. The molecule has 3 aromatic rings. The topological polar surface area (TPSA) is 69.6 Å². The van der Waals surface area contributed by atoms with Gasteiger partial charge in [0.1, 0.15) is 11.8 Å². The maximum absolute atomic E-state index is 14.4. The zero-order valence-electron chi connectivity index (χ0n) is 9.36. The van der Waals surface area contributed by atoms with Crippen molar-refractivity contribution in [2.75, 3.05) is 5.73 Å². The second-order valence-corrected chi connectivity index (χ2v) is 3.83. The van der Waals surface area contributed by atoms with Gasteiger partial charge >= 0.3 is 0 Å². The van der Waals surface area contributed by atoms with E-state index < -0.39 is 6.30 Å². The van der Waals surface area contributed by atoms with E-state index in [9.17, 15) is 4.39 Å². The van der Waals surface area contributed by atoms with Gasteiger partial charge in [0, 0.05) is 5.56 Å². The van der Waals surface area contributed by atoms with Gasteiger partial charge in [-0.2, -0.15) is 0 Å². The van der Waals surface area contributed by atoms with Crippen molar-refractivity contribution in [3.05, 3.63) is 48.5 Å². The molecule has 0 saturated carbocycles. The molecule has 0 amide bonds. The highest BCUT2D eigenvalue weighted by atomic mass is 19.1. The average Bonchev–Trinajstić information content (AvgIpc) is 2.84. The van der Waals surface area contributed by atoms with Crippen LogP contribution >= 0.6 is 0 Å². The Morgan fingerprint density at radius 3 is 2.67 bits per heavy atom. The van der Waals surface area contributed by atoms with Crippen LogP contribution in [0.1, 0.15) is 11.9 Å². The van der Waals surface area contributed by atoms with Crippen LogP contribution in [0.2, 0.25) is 0 Å². The number of hydrogen-bond donors (Lipinski definition) is 1. The normalized spacial score (nSPS) is 12.7. The molecule has 0 aliphatic heterocycles. The van der Waals surface area contributed by atoms with E-state index in [0.717, 1.165) is 0 Å². The third-order valence-corrected chi connectivity index (χ3v) is 2.71. The molecule has 0 fully saturated rings. The zero-order chi connectivity index (χ0) is 12.5. The maximum atomic E-state index is 14.4. The van der Waals surface area contributed by atoms with E-state index >= 15 is 0 Å². The average molecular weight is 243 g/mol. The lowest BCUT2D eigenvalue weighted by Gasteiger charge is -2.10. The summed E-state index contributed by atoms with van der Waals surface area (Å²) < 4.78 is 15.7. The number of alkyl halides is 1. The summed E-state index contributed by atoms with van der Waals surface area (Å²) in [6.07, 6.45) is 1.34. The van der Waals surface area contributed by atoms with Crippen molar-refractivity contribution in [3.8, 4) is 0 Å². The van der Waals surface area contributed by atoms with Crippen LogP contribution in [0.25, 0.3) is 11.2 Å². The van der Waals surface area contributed by atoms with Crippen molar-refractivity contribution >= 4 is 17.0 Å². The van der Waals surface area contributed by atoms with Gasteiger partial charge < -0.3 is 5.73 Å². The van der Waals surface area contributed by atoms with E-state index in [4.69, 9.17) is 5.73 Å². The van der Waals surface area contributed by atoms with Gasteiger partial charge in [0.2, 0.25) is 6.30 Å². The Morgan fingerprint density at radius 2 is 1.89 bits per heavy atom. The second-order valence-electron chi connectivity index (χ2n) is 3.83. The number of nitrogens with two attached hydrogens (primary N) is 1. The molecule has 0 spiro atoms. The van der Waals surface area contributed by atoms with Gasteiger partial charge in [0.25, 0.3) is 0 Å². The molecule has 2 heterocycles. The lowest BCUT2D eigenvalue weighted by Crippen LogP contribution is -2.05. The Hall–Kier alpha value is -2.50. The van der Waals surface area contributed by atoms with Crippen LogP contribution < -0.4 is 5.73 Å². The number of fused-ring (bicyclic) bond motifs is 1. The lowest BCUT2D eigenvalue weighted by atomic mass is 10.2. The molecule has 0 bridgehead atoms. The number of anilines is 1. The molecule has 0 aliphatic rings. The first kappa shape index (κ1) is 10.6. The highest BCUT2D eigenvalue weighted by Gasteiger charge is 2.16. The van der Waals surface area contributed by atoms with E-state index in [-0.39, 0.29) is 5.82 Å². The molecule has 1 atom stereocenters. The molecule has 2 N–H and O–H groups in total. The molecule has 90 valence electrons. The van der Waals surface area contributed by atoms with Gasteiger partial charge in [-0.1, -0.05) is 30.3 Å². The summed E-state index contributed by atoms with van der Waals surface area (Å²) >= 11 is 0. The van der Waals surface area contributed by atoms with E-state index in [2.05, 4.69) is 15.0 Å². The first-order valence-corrected chi connectivity index (χ1v) is 5.39. The van der Waals surface area contributed by atoms with Gasteiger partial charge in [-0.25, -0.2) is 19.3 Å². The lowest BCUT2D eigenvalue weighted by molar-refractivity contribution is 0.300. The Bertz CT molecular complexity index is 679. The van der Waals surface area contributed by atoms with Crippen molar-refractivity contribution in [1.82, 2.24) is 19.5 Å². The molecule has 1 unspecified atom stereocenters. The summed E-state index contributed by atoms with van der Waals surface area (Å²) in [5, 5.41) is 0. The smallest absolute Gasteiger partial charge is 0.204 e. The molecular formula is C12H10FN5. The van der Waals surface area contributed by atoms with Crippen molar-refractivity contribution < 1.29 is 4.39 Å². The maximum Gasteiger partial charge on any atom is 0.204 e. The number of rotatable bonds is 2. The monoisotopic (exact) mass is 243 g/mol. The van der Waals surface area contributed by atoms with Crippen LogP contribution in [0.3, 0.4) is 0 Å². The molecule has 0 aliphatic carbocycles. The Morgan fingerprint density at radius 1 is 1.11 bits per heavy atom. The van der Waals surface area contributed by atoms with E-state index in [1.807, 2.05) is 6.07 Å². The molecule has 1 aromatic carbocycles. The van der Waals surface area contributed by atoms with E-state index in [1.54, 1.807) is 24.3 Å². The third-order valence-electron chi connectivity index (χ3n) is 2.71. The molecular weight excluding hydrogens is 233 g/mol. The molecule has 18 heavy (non-hydrogen) atoms. The van der Waals surface area contributed by atoms with Crippen molar-refractivity contribution in [2.45, 2.75) is 6.30 Å². The minimum atomic E-state index is -1.34. The van der Waals surface area contributed by atoms with Gasteiger partial charge in [-0.3, -0.25) is 4.57 Å². The standard InChI is InChI=1S/C12H10FN5/c13-10(8-4-2-1-3-5-8)18-7-17-9-11(14)15-6-16-12(9)18/h1-7,10H,(H2,14,15,16). The minimum Gasteiger partial charge on any atom is -0.382 e. The number of benzene rings is 1. The Labute approximate surface area is 102 Å². The highest BCUT2D eigenvalue weighted by Crippen LogP contribution is 2.24. The van der Waals surface area contributed by atoms with Crippen LogP contribution in [0, 0.1) is 0 Å². The first-order chi connectivity index (χ1) is 8.77. The van der Waals surface area contributed by atoms with Gasteiger partial charge in [0.15, 0.2) is 11.5 Å². The summed E-state index contributed by atoms with van der Waals surface area (Å²) in [7, 11) is 0. The molecule has 0 saturated heterocycles. The molecule has 0 radical (unpaired) electrons. The fourth-order valence-corrected chi connectivity index (χ4v) is 1.81. The SMILES string of the molecule is Nc1ncnc2c1ncn2C(F)c1ccccc1. The minimum absolute atomic E-state index is 0.249. The van der Waals surface area contributed by atoms with Crippen molar-refractivity contribution in [2.24, 2.45) is 0 Å². The molecule has 5 nitrogen and oxygen atoms in total. The summed E-state index contributed by atoms with van der Waals surface area (Å²) in [6, 6.07) is 8.82. The third kappa shape index (κ3) is 1.58. The predicted octanol–water partition coefficient (Wildman–Crippen LogP) is 1.92. The summed E-state index contributed by atoms with van der Waals surface area (Å²) in [4.78, 5) is 11.9. The van der Waals surface area contributed by atoms with Crippen LogP contribution in [0.4, 0.5) is 10.2 Å². The fraction of sp³-hybridized carbons (Fsp3) is 0.0833. The van der Waals surface area contributed by atoms with Gasteiger partial charge in [-0.15, -0.1) is 0 Å². The van der Waals surface area contributed by atoms with Crippen LogP contribution in [-0.4, -0.2) is 19.5 Å². The Balaban J connectivity index is 2.13. The van der Waals surface area contributed by atoms with E-state index in [0.29, 0.717) is 16.7 Å². The van der Waals surface area contributed by atoms with Gasteiger partial charge in [-0.05, 0) is 0 Å². The number of nitrogens with zero attached hydrogens (tertiary/aromatic N) is 4. The van der Waals surface area contributed by atoms with Crippen LogP contribution in [0.15, 0.2) is 43.0 Å². The largest absolute Gasteiger partial charge is 0.382 e. The number of halogens is 1. The quantitative estimate of drug-likeness (QED) is 0.746. The number of aromatic nitrogens is 4. The zero-order valence-corrected chi connectivity index (χ0v) is 9.36. The van der Waals surface area contributed by atoms with Crippen molar-refractivity contribution in [1.29, 1.82) is 0 Å². The molecule has 3 rings (SSSR count). The number of nitrogen functional groups attached to an aromatic ring is 1. The summed E-state index contributed by atoms with van der Waals surface area (Å²) in [5.41, 5.74) is 7.00. The summed E-state index contributed by atoms with van der Waals surface area (Å²) in [5.74, 6) is 0.249. The fourth-order valence-electron chi connectivity index (χ4n) is 1.81. The summed E-state index contributed by atoms with van der Waals surface area (Å²) in [6.45, 7) is 0. The highest BCUT2D eigenvalue weighted by molar-refractivity contribution is 5.81. The van der Waals surface area contributed by atoms with Crippen LogP contribution in [0.5, 0.6) is 0 Å². The van der Waals surface area contributed by atoms with Crippen molar-refractivity contribution in [3.63, 3.8) is 0 Å². The van der Waals surface area contributed by atoms with Gasteiger partial charge in [0.05, 0.1) is 6.33 Å². The van der Waals surface area contributed by atoms with Crippen LogP contribution in [-0.2, 0) is 0 Å². The number of hydrogen-bond acceptors (Lipinski definition) is 4. The van der Waals surface area contributed by atoms with E-state index in [1.165, 1.54) is 17.2 Å². The Kier molecular flexibility index (Phi) is 2.40.